The summed E-state index contributed by atoms with van der Waals surface area (Å²) in [5.74, 6) is -0.409. The molecule has 15 heteroatoms. The molecule has 0 aliphatic carbocycles. The second-order valence-corrected chi connectivity index (χ2v) is 21.0. The van der Waals surface area contributed by atoms with Crippen molar-refractivity contribution in [2.75, 3.05) is 65.7 Å². The molecule has 4 heterocycles. The molecule has 2 fully saturated rings. The number of benzene rings is 6. The van der Waals surface area contributed by atoms with Crippen LogP contribution < -0.4 is 15.4 Å². The number of nitrogens with one attached hydrogen (secondary N) is 2. The van der Waals surface area contributed by atoms with Gasteiger partial charge in [0.15, 0.2) is 5.60 Å². The van der Waals surface area contributed by atoms with Gasteiger partial charge in [-0.3, -0.25) is 9.69 Å². The first-order valence-corrected chi connectivity index (χ1v) is 26.1. The van der Waals surface area contributed by atoms with Gasteiger partial charge in [0, 0.05) is 85.1 Å². The van der Waals surface area contributed by atoms with E-state index in [-0.39, 0.29) is 71.2 Å². The van der Waals surface area contributed by atoms with Crippen molar-refractivity contribution in [2.45, 2.75) is 62.1 Å². The van der Waals surface area contributed by atoms with Gasteiger partial charge in [-0.15, -0.1) is 0 Å². The molecule has 2 saturated heterocycles. The third kappa shape index (κ3) is 9.25. The monoisotopic (exact) mass is 992 g/mol. The zero-order valence-electron chi connectivity index (χ0n) is 40.7. The van der Waals surface area contributed by atoms with Crippen LogP contribution in [-0.2, 0) is 29.8 Å². The van der Waals surface area contributed by atoms with Gasteiger partial charge in [-0.25, -0.2) is 13.2 Å². The number of aromatic hydroxyl groups is 2. The van der Waals surface area contributed by atoms with E-state index in [1.165, 1.54) is 58.1 Å². The van der Waals surface area contributed by atoms with Crippen molar-refractivity contribution in [3.63, 3.8) is 0 Å². The third-order valence-electron chi connectivity index (χ3n) is 14.8. The molecule has 1 amide bonds. The average Bonchev–Trinajstić information content (AvgIpc) is 3.64. The molecular formula is C57H60N4O10S. The van der Waals surface area contributed by atoms with Crippen LogP contribution in [0.1, 0.15) is 78.4 Å². The molecule has 4 aliphatic rings. The number of esters is 1. The largest absolute Gasteiger partial charge is 0.508 e. The minimum Gasteiger partial charge on any atom is -0.508 e. The maximum atomic E-state index is 14.2. The fraction of sp³-hybridized carbons (Fsp3) is 0.333. The molecule has 0 saturated carbocycles. The molecule has 10 rings (SSSR count). The molecule has 0 radical (unpaired) electrons. The van der Waals surface area contributed by atoms with Crippen LogP contribution >= 0.6 is 0 Å². The summed E-state index contributed by atoms with van der Waals surface area (Å²) in [6.45, 7) is 11.0. The SMILES string of the molecule is Cc1ccccc1S(=O)(=O)N1CCCCN2C(C1)[C@H](c1ccc(-c3cccc(C)c3C)cc1)[C@H]2CNCCOCCOCCNC(=O)c1ccc2c(c1)C(=O)OC21c2ccc(O)cc2Oc2cc(O)ccc21. The first kappa shape index (κ1) is 49.0. The van der Waals surface area contributed by atoms with Gasteiger partial charge < -0.3 is 39.8 Å². The topological polar surface area (TPSA) is 176 Å². The minimum absolute atomic E-state index is 0.0326. The summed E-state index contributed by atoms with van der Waals surface area (Å²) in [7, 11) is -3.69. The van der Waals surface area contributed by atoms with Crippen LogP contribution in [0.25, 0.3) is 11.1 Å². The van der Waals surface area contributed by atoms with E-state index < -0.39 is 21.6 Å². The average molecular weight is 993 g/mol. The van der Waals surface area contributed by atoms with Gasteiger partial charge in [-0.2, -0.15) is 4.31 Å². The van der Waals surface area contributed by atoms with Crippen molar-refractivity contribution >= 4 is 21.9 Å². The Bertz CT molecular complexity index is 3070. The van der Waals surface area contributed by atoms with Crippen molar-refractivity contribution in [3.8, 4) is 34.1 Å². The molecule has 4 aliphatic heterocycles. The van der Waals surface area contributed by atoms with Gasteiger partial charge in [0.2, 0.25) is 10.0 Å². The lowest BCUT2D eigenvalue weighted by atomic mass is 9.74. The Labute approximate surface area is 420 Å². The molecule has 374 valence electrons. The molecule has 14 nitrogen and oxygen atoms in total. The number of phenolic OH excluding ortho intramolecular Hbond substituents is 2. The van der Waals surface area contributed by atoms with E-state index in [1.807, 2.05) is 19.1 Å². The van der Waals surface area contributed by atoms with Crippen LogP contribution in [0, 0.1) is 20.8 Å². The van der Waals surface area contributed by atoms with E-state index in [2.05, 4.69) is 71.8 Å². The highest BCUT2D eigenvalue weighted by Gasteiger charge is 2.54. The zero-order valence-corrected chi connectivity index (χ0v) is 41.5. The smallest absolute Gasteiger partial charge is 0.340 e. The number of sulfonamides is 1. The van der Waals surface area contributed by atoms with Crippen LogP contribution in [0.2, 0.25) is 0 Å². The standard InChI is InChI=1S/C57H60N4O10S/c1-36-10-8-11-44(38(36)3)39-13-15-40(16-14-39)54-49(61-26-7-6-25-60(35-50(54)61)72(66,67)53-12-5-4-9-37(53)2)34-58-23-27-68-29-30-69-28-24-59-55(64)41-17-20-46-45(31-41)56(65)71-57(46)47-21-18-42(62)32-51(47)70-52-33-43(63)19-22-48(52)57/h4-5,8-22,31-33,49-50,54,58,62-63H,6-7,23-30,34-35H2,1-3H3,(H,59,64)/t49-,50?,54-/m1/s1. The molecule has 72 heavy (non-hydrogen) atoms. The summed E-state index contributed by atoms with van der Waals surface area (Å²) in [6.07, 6.45) is 1.71. The lowest BCUT2D eigenvalue weighted by molar-refractivity contribution is -0.0308. The van der Waals surface area contributed by atoms with Gasteiger partial charge in [0.05, 0.1) is 36.9 Å². The maximum Gasteiger partial charge on any atom is 0.340 e. The van der Waals surface area contributed by atoms with Crippen LogP contribution in [0.5, 0.6) is 23.0 Å². The Morgan fingerprint density at radius 1 is 0.736 bits per heavy atom. The van der Waals surface area contributed by atoms with Gasteiger partial charge in [0.1, 0.15) is 23.0 Å². The third-order valence-corrected chi connectivity index (χ3v) is 16.8. The Balaban J connectivity index is 0.709. The summed E-state index contributed by atoms with van der Waals surface area (Å²) in [5, 5.41) is 26.9. The van der Waals surface area contributed by atoms with E-state index in [1.54, 1.807) is 40.7 Å². The normalized spacial score (nSPS) is 19.2. The highest BCUT2D eigenvalue weighted by atomic mass is 32.2. The molecule has 0 bridgehead atoms. The number of hydrogen-bond donors (Lipinski definition) is 4. The number of phenols is 2. The molecule has 1 spiro atoms. The number of aryl methyl sites for hydroxylation is 2. The summed E-state index contributed by atoms with van der Waals surface area (Å²) in [4.78, 5) is 29.6. The van der Waals surface area contributed by atoms with Gasteiger partial charge in [-0.05, 0) is 116 Å². The van der Waals surface area contributed by atoms with E-state index >= 15 is 0 Å². The molecule has 1 unspecified atom stereocenters. The Morgan fingerprint density at radius 2 is 1.40 bits per heavy atom. The maximum absolute atomic E-state index is 14.2. The number of amides is 1. The Morgan fingerprint density at radius 3 is 2.12 bits per heavy atom. The van der Waals surface area contributed by atoms with E-state index in [9.17, 15) is 28.2 Å². The summed E-state index contributed by atoms with van der Waals surface area (Å²) in [5.41, 5.74) is 7.45. The lowest BCUT2D eigenvalue weighted by Gasteiger charge is -2.57. The summed E-state index contributed by atoms with van der Waals surface area (Å²) >= 11 is 0. The number of carbonyl (C=O) groups is 2. The minimum atomic E-state index is -3.69. The highest BCUT2D eigenvalue weighted by Crippen LogP contribution is 2.57. The molecule has 6 aromatic carbocycles. The fourth-order valence-corrected chi connectivity index (χ4v) is 12.7. The number of carbonyl (C=O) groups excluding carboxylic acids is 2. The van der Waals surface area contributed by atoms with Crippen LogP contribution in [-0.4, -0.2) is 117 Å². The van der Waals surface area contributed by atoms with Gasteiger partial charge >= 0.3 is 5.97 Å². The van der Waals surface area contributed by atoms with Gasteiger partial charge in [-0.1, -0.05) is 66.7 Å². The lowest BCUT2D eigenvalue weighted by Crippen LogP contribution is -2.69. The van der Waals surface area contributed by atoms with Crippen molar-refractivity contribution in [1.29, 1.82) is 0 Å². The van der Waals surface area contributed by atoms with Gasteiger partial charge in [0.25, 0.3) is 5.91 Å². The number of fused-ring (bicyclic) bond motifs is 7. The number of rotatable bonds is 16. The second-order valence-electron chi connectivity index (χ2n) is 19.1. The fourth-order valence-electron chi connectivity index (χ4n) is 11.0. The number of nitrogens with zero attached hydrogens (tertiary/aromatic N) is 2. The molecule has 6 aromatic rings. The summed E-state index contributed by atoms with van der Waals surface area (Å²) in [6, 6.07) is 36.7. The van der Waals surface area contributed by atoms with Crippen LogP contribution in [0.15, 0.2) is 126 Å². The van der Waals surface area contributed by atoms with Crippen LogP contribution in [0.3, 0.4) is 0 Å². The quantitative estimate of drug-likeness (QED) is 0.0545. The molecule has 3 atom stereocenters. The van der Waals surface area contributed by atoms with E-state index in [0.29, 0.717) is 61.0 Å². The number of hydrogen-bond acceptors (Lipinski definition) is 12. The zero-order chi connectivity index (χ0) is 50.1. The Kier molecular flexibility index (Phi) is 14.0. The molecule has 4 N–H and O–H groups in total. The first-order valence-electron chi connectivity index (χ1n) is 24.7. The van der Waals surface area contributed by atoms with Crippen LogP contribution in [0.4, 0.5) is 0 Å². The first-order chi connectivity index (χ1) is 34.8. The summed E-state index contributed by atoms with van der Waals surface area (Å²) < 4.78 is 53.9. The predicted octanol–water partition coefficient (Wildman–Crippen LogP) is 7.93. The number of ether oxygens (including phenoxy) is 4. The highest BCUT2D eigenvalue weighted by molar-refractivity contribution is 7.89. The van der Waals surface area contributed by atoms with Crippen molar-refractivity contribution in [1.82, 2.24) is 19.8 Å². The predicted molar refractivity (Wildman–Crippen MR) is 272 cm³/mol. The van der Waals surface area contributed by atoms with Crippen molar-refractivity contribution in [2.24, 2.45) is 0 Å². The van der Waals surface area contributed by atoms with Crippen molar-refractivity contribution < 1.29 is 47.2 Å². The Hall–Kier alpha value is -6.59. The molecular weight excluding hydrogens is 933 g/mol. The second kappa shape index (κ2) is 20.5. The van der Waals surface area contributed by atoms with E-state index in [0.717, 1.165) is 31.5 Å². The van der Waals surface area contributed by atoms with Crippen molar-refractivity contribution in [3.05, 3.63) is 171 Å². The molecule has 0 aromatic heterocycles. The van der Waals surface area contributed by atoms with E-state index in [4.69, 9.17) is 18.9 Å².